The molecule has 2 aliphatic heterocycles. The number of likely N-dealkylation sites (tertiary alicyclic amines) is 1. The average molecular weight is 466 g/mol. The first-order valence-corrected chi connectivity index (χ1v) is 12.8. The molecular weight excluding hydrogens is 435 g/mol. The van der Waals surface area contributed by atoms with Crippen molar-refractivity contribution in [2.24, 2.45) is 5.41 Å². The summed E-state index contributed by atoms with van der Waals surface area (Å²) in [6.07, 6.45) is 8.11. The van der Waals surface area contributed by atoms with E-state index in [4.69, 9.17) is 0 Å². The molecule has 2 aromatic rings. The SMILES string of the molecule is C1CCC(N2CCC3(CC2)CSC3)C1.FC(F)(F)c1cccc(-c2ncn(C3CC3)n2)n1. The molecule has 1 spiro atoms. The second kappa shape index (κ2) is 8.97. The van der Waals surface area contributed by atoms with Crippen LogP contribution in [-0.4, -0.2) is 55.3 Å². The van der Waals surface area contributed by atoms with Gasteiger partial charge in [-0.05, 0) is 80.7 Å². The van der Waals surface area contributed by atoms with Crippen LogP contribution < -0.4 is 0 Å². The zero-order chi connectivity index (χ0) is 22.2. The minimum Gasteiger partial charge on any atom is -0.300 e. The molecule has 0 amide bonds. The van der Waals surface area contributed by atoms with E-state index < -0.39 is 11.9 Å². The van der Waals surface area contributed by atoms with E-state index in [0.29, 0.717) is 6.04 Å². The standard InChI is InChI=1S/C12H21NS.C11H9F3N4/c1-2-4-11(3-1)13-7-5-12(6-8-13)9-14-10-12;12-11(13,14)9-3-1-2-8(16-9)10-15-6-18(17-10)7-4-5-7/h11H,1-10H2;1-3,6-7H,4-5H2. The predicted molar refractivity (Wildman–Crippen MR) is 119 cm³/mol. The highest BCUT2D eigenvalue weighted by Crippen LogP contribution is 2.46. The third-order valence-electron chi connectivity index (χ3n) is 7.21. The van der Waals surface area contributed by atoms with Crippen molar-refractivity contribution in [3.63, 3.8) is 0 Å². The van der Waals surface area contributed by atoms with Gasteiger partial charge in [0.15, 0.2) is 5.82 Å². The topological polar surface area (TPSA) is 46.8 Å². The fourth-order valence-electron chi connectivity index (χ4n) is 4.94. The smallest absolute Gasteiger partial charge is 0.300 e. The van der Waals surface area contributed by atoms with Crippen LogP contribution in [0.25, 0.3) is 11.5 Å². The third-order valence-corrected chi connectivity index (χ3v) is 8.85. The number of hydrogen-bond acceptors (Lipinski definition) is 5. The summed E-state index contributed by atoms with van der Waals surface area (Å²) in [7, 11) is 0. The van der Waals surface area contributed by atoms with Gasteiger partial charge in [0, 0.05) is 6.04 Å². The van der Waals surface area contributed by atoms with Gasteiger partial charge in [-0.2, -0.15) is 24.9 Å². The molecule has 4 fully saturated rings. The Bertz CT molecular complexity index is 906. The summed E-state index contributed by atoms with van der Waals surface area (Å²) in [5, 5.41) is 4.14. The van der Waals surface area contributed by atoms with Crippen LogP contribution in [0.3, 0.4) is 0 Å². The maximum atomic E-state index is 12.5. The monoisotopic (exact) mass is 465 g/mol. The number of alkyl halides is 3. The van der Waals surface area contributed by atoms with Crippen molar-refractivity contribution >= 4 is 11.8 Å². The molecule has 174 valence electrons. The lowest BCUT2D eigenvalue weighted by atomic mass is 9.81. The van der Waals surface area contributed by atoms with E-state index in [1.807, 2.05) is 0 Å². The van der Waals surface area contributed by atoms with Crippen molar-refractivity contribution in [2.75, 3.05) is 24.6 Å². The Morgan fingerprint density at radius 1 is 0.969 bits per heavy atom. The molecule has 0 unspecified atom stereocenters. The Balaban J connectivity index is 0.000000139. The van der Waals surface area contributed by atoms with E-state index in [2.05, 4.69) is 31.7 Å². The average Bonchev–Trinajstić information content (AvgIpc) is 3.26. The van der Waals surface area contributed by atoms with Crippen LogP contribution in [0.15, 0.2) is 24.5 Å². The number of pyridine rings is 1. The molecule has 4 heterocycles. The van der Waals surface area contributed by atoms with Gasteiger partial charge in [0.1, 0.15) is 17.7 Å². The summed E-state index contributed by atoms with van der Waals surface area (Å²) in [5.41, 5.74) is 0.0201. The maximum Gasteiger partial charge on any atom is 0.433 e. The van der Waals surface area contributed by atoms with E-state index in [1.54, 1.807) is 4.68 Å². The largest absolute Gasteiger partial charge is 0.433 e. The fraction of sp³-hybridized carbons (Fsp3) is 0.696. The van der Waals surface area contributed by atoms with Gasteiger partial charge in [0.25, 0.3) is 0 Å². The highest BCUT2D eigenvalue weighted by Gasteiger charge is 2.41. The number of nitrogens with zero attached hydrogens (tertiary/aromatic N) is 5. The quantitative estimate of drug-likeness (QED) is 0.603. The molecular formula is C23H30F3N5S. The van der Waals surface area contributed by atoms with Gasteiger partial charge in [-0.25, -0.2) is 14.6 Å². The molecule has 9 heteroatoms. The molecule has 4 aliphatic rings. The Labute approximate surface area is 191 Å². The summed E-state index contributed by atoms with van der Waals surface area (Å²) in [5.74, 6) is 3.16. The number of aromatic nitrogens is 4. The second-order valence-electron chi connectivity index (χ2n) is 9.65. The van der Waals surface area contributed by atoms with Crippen LogP contribution >= 0.6 is 11.8 Å². The maximum absolute atomic E-state index is 12.5. The highest BCUT2D eigenvalue weighted by molar-refractivity contribution is 8.00. The van der Waals surface area contributed by atoms with Crippen LogP contribution in [0.5, 0.6) is 0 Å². The number of thioether (sulfide) groups is 1. The van der Waals surface area contributed by atoms with Crippen LogP contribution in [0.1, 0.15) is 63.1 Å². The minimum absolute atomic E-state index is 0.143. The molecule has 6 rings (SSSR count). The van der Waals surface area contributed by atoms with Gasteiger partial charge in [-0.3, -0.25) is 0 Å². The van der Waals surface area contributed by atoms with Crippen LogP contribution in [0.4, 0.5) is 13.2 Å². The first kappa shape index (κ1) is 22.2. The van der Waals surface area contributed by atoms with Gasteiger partial charge < -0.3 is 4.90 Å². The van der Waals surface area contributed by atoms with E-state index in [9.17, 15) is 13.2 Å². The highest BCUT2D eigenvalue weighted by atomic mass is 32.2. The number of halogens is 3. The van der Waals surface area contributed by atoms with E-state index in [0.717, 1.165) is 30.4 Å². The zero-order valence-corrected chi connectivity index (χ0v) is 19.0. The van der Waals surface area contributed by atoms with Crippen molar-refractivity contribution in [1.82, 2.24) is 24.6 Å². The third kappa shape index (κ3) is 4.98. The Morgan fingerprint density at radius 3 is 2.28 bits per heavy atom. The first-order valence-electron chi connectivity index (χ1n) is 11.7. The molecule has 2 aliphatic carbocycles. The van der Waals surface area contributed by atoms with Crippen molar-refractivity contribution < 1.29 is 13.2 Å². The molecule has 2 saturated carbocycles. The Morgan fingerprint density at radius 2 is 1.69 bits per heavy atom. The number of piperidine rings is 1. The summed E-state index contributed by atoms with van der Waals surface area (Å²) in [6, 6.07) is 5.03. The molecule has 2 saturated heterocycles. The summed E-state index contributed by atoms with van der Waals surface area (Å²) in [6.45, 7) is 2.82. The minimum atomic E-state index is -4.45. The first-order chi connectivity index (χ1) is 15.4. The molecule has 32 heavy (non-hydrogen) atoms. The summed E-state index contributed by atoms with van der Waals surface area (Å²) in [4.78, 5) is 10.3. The van der Waals surface area contributed by atoms with E-state index in [1.165, 1.54) is 81.6 Å². The van der Waals surface area contributed by atoms with Crippen molar-refractivity contribution in [3.8, 4) is 11.5 Å². The van der Waals surface area contributed by atoms with Gasteiger partial charge >= 0.3 is 6.18 Å². The number of rotatable bonds is 3. The fourth-order valence-corrected chi connectivity index (χ4v) is 6.30. The molecule has 5 nitrogen and oxygen atoms in total. The number of hydrogen-bond donors (Lipinski definition) is 0. The van der Waals surface area contributed by atoms with Crippen molar-refractivity contribution in [1.29, 1.82) is 0 Å². The second-order valence-corrected chi connectivity index (χ2v) is 10.6. The van der Waals surface area contributed by atoms with E-state index in [-0.39, 0.29) is 11.5 Å². The van der Waals surface area contributed by atoms with Gasteiger partial charge in [0.05, 0.1) is 6.04 Å². The van der Waals surface area contributed by atoms with Gasteiger partial charge in [-0.15, -0.1) is 5.10 Å². The van der Waals surface area contributed by atoms with Gasteiger partial charge in [0.2, 0.25) is 0 Å². The van der Waals surface area contributed by atoms with Crippen molar-refractivity contribution in [2.45, 2.75) is 69.6 Å². The molecule has 0 atom stereocenters. The summed E-state index contributed by atoms with van der Waals surface area (Å²) >= 11 is 2.16. The molecule has 0 aromatic carbocycles. The van der Waals surface area contributed by atoms with Crippen LogP contribution in [0, 0.1) is 5.41 Å². The molecule has 0 N–H and O–H groups in total. The van der Waals surface area contributed by atoms with Crippen molar-refractivity contribution in [3.05, 3.63) is 30.2 Å². The van der Waals surface area contributed by atoms with Crippen LogP contribution in [0.2, 0.25) is 0 Å². The van der Waals surface area contributed by atoms with Crippen LogP contribution in [-0.2, 0) is 6.18 Å². The Kier molecular flexibility index (Phi) is 6.22. The van der Waals surface area contributed by atoms with E-state index >= 15 is 0 Å². The van der Waals surface area contributed by atoms with Gasteiger partial charge in [-0.1, -0.05) is 18.9 Å². The molecule has 2 aromatic heterocycles. The lowest BCUT2D eigenvalue weighted by molar-refractivity contribution is -0.141. The molecule has 0 bridgehead atoms. The molecule has 0 radical (unpaired) electrons. The summed E-state index contributed by atoms with van der Waals surface area (Å²) < 4.78 is 39.2. The lowest BCUT2D eigenvalue weighted by Gasteiger charge is -2.48. The zero-order valence-electron chi connectivity index (χ0n) is 18.2. The lowest BCUT2D eigenvalue weighted by Crippen LogP contribution is -2.49. The predicted octanol–water partition coefficient (Wildman–Crippen LogP) is 5.45. The normalized spacial score (nSPS) is 23.6. The Hall–Kier alpha value is -1.61.